The summed E-state index contributed by atoms with van der Waals surface area (Å²) in [6.07, 6.45) is 3.78. The molecule has 3 aromatic carbocycles. The van der Waals surface area contributed by atoms with Gasteiger partial charge in [0.25, 0.3) is 5.56 Å². The number of ether oxygens (including phenoxy) is 4. The van der Waals surface area contributed by atoms with E-state index in [1.165, 1.54) is 11.3 Å². The first kappa shape index (κ1) is 34.7. The van der Waals surface area contributed by atoms with Crippen LogP contribution in [0, 0.1) is 0 Å². The zero-order valence-electron chi connectivity index (χ0n) is 27.7. The fourth-order valence-corrected chi connectivity index (χ4v) is 6.74. The summed E-state index contributed by atoms with van der Waals surface area (Å²) in [6, 6.07) is 18.0. The van der Waals surface area contributed by atoms with E-state index < -0.39 is 12.0 Å². The van der Waals surface area contributed by atoms with Crippen LogP contribution in [0.25, 0.3) is 6.08 Å². The molecular formula is C38H39ClN2O6S. The number of thiazole rings is 1. The van der Waals surface area contributed by atoms with Gasteiger partial charge in [0.1, 0.15) is 12.4 Å². The minimum atomic E-state index is -0.735. The molecule has 0 fully saturated rings. The number of rotatable bonds is 13. The van der Waals surface area contributed by atoms with Crippen LogP contribution in [-0.2, 0) is 22.6 Å². The molecule has 1 aliphatic rings. The van der Waals surface area contributed by atoms with Gasteiger partial charge < -0.3 is 18.9 Å². The number of aromatic nitrogens is 1. The number of allylic oxidation sites excluding steroid dienone is 2. The molecule has 4 aromatic rings. The van der Waals surface area contributed by atoms with E-state index in [-0.39, 0.29) is 18.3 Å². The average molecular weight is 687 g/mol. The summed E-state index contributed by atoms with van der Waals surface area (Å²) in [5.74, 6) is 1.32. The number of nitrogens with zero attached hydrogens (tertiary/aromatic N) is 2. The van der Waals surface area contributed by atoms with Crippen molar-refractivity contribution in [1.29, 1.82) is 0 Å². The first-order chi connectivity index (χ1) is 23.1. The van der Waals surface area contributed by atoms with Crippen LogP contribution < -0.4 is 29.1 Å². The lowest BCUT2D eigenvalue weighted by Gasteiger charge is -2.25. The molecule has 0 N–H and O–H groups in total. The lowest BCUT2D eigenvalue weighted by atomic mass is 9.96. The van der Waals surface area contributed by atoms with Crippen LogP contribution in [0.5, 0.6) is 17.2 Å². The molecule has 1 aromatic heterocycles. The molecule has 1 atom stereocenters. The van der Waals surface area contributed by atoms with Gasteiger partial charge in [-0.25, -0.2) is 9.79 Å². The second-order valence-electron chi connectivity index (χ2n) is 11.4. The van der Waals surface area contributed by atoms with E-state index in [0.29, 0.717) is 62.5 Å². The van der Waals surface area contributed by atoms with Gasteiger partial charge in [-0.1, -0.05) is 59.3 Å². The largest absolute Gasteiger partial charge is 0.494 e. The Hall–Kier alpha value is -4.60. The number of hydrogen-bond donors (Lipinski definition) is 0. The van der Waals surface area contributed by atoms with E-state index in [0.717, 1.165) is 22.3 Å². The van der Waals surface area contributed by atoms with Crippen LogP contribution in [0.1, 0.15) is 62.9 Å². The summed E-state index contributed by atoms with van der Waals surface area (Å²) < 4.78 is 25.6. The van der Waals surface area contributed by atoms with E-state index in [9.17, 15) is 9.59 Å². The number of esters is 1. The highest BCUT2D eigenvalue weighted by atomic mass is 35.5. The summed E-state index contributed by atoms with van der Waals surface area (Å²) in [4.78, 5) is 32.9. The van der Waals surface area contributed by atoms with Crippen molar-refractivity contribution >= 4 is 35.0 Å². The van der Waals surface area contributed by atoms with E-state index in [2.05, 4.69) is 6.58 Å². The number of carbonyl (C=O) groups is 1. The highest BCUT2D eigenvalue weighted by Gasteiger charge is 2.34. The Morgan fingerprint density at radius 1 is 1.04 bits per heavy atom. The van der Waals surface area contributed by atoms with Crippen LogP contribution in [0.4, 0.5) is 0 Å². The van der Waals surface area contributed by atoms with Crippen molar-refractivity contribution in [3.63, 3.8) is 0 Å². The molecular weight excluding hydrogens is 648 g/mol. The van der Waals surface area contributed by atoms with Crippen molar-refractivity contribution in [2.24, 2.45) is 4.99 Å². The molecule has 1 aliphatic heterocycles. The van der Waals surface area contributed by atoms with Crippen molar-refractivity contribution in [1.82, 2.24) is 4.57 Å². The molecule has 0 bridgehead atoms. The molecule has 48 heavy (non-hydrogen) atoms. The molecule has 8 nitrogen and oxygen atoms in total. The maximum absolute atomic E-state index is 14.2. The Kier molecular flexibility index (Phi) is 11.2. The van der Waals surface area contributed by atoms with E-state index in [1.54, 1.807) is 31.4 Å². The Labute approximate surface area is 289 Å². The molecule has 0 radical (unpaired) electrons. The summed E-state index contributed by atoms with van der Waals surface area (Å²) >= 11 is 7.65. The topological polar surface area (TPSA) is 88.4 Å². The maximum atomic E-state index is 14.2. The van der Waals surface area contributed by atoms with E-state index >= 15 is 0 Å². The molecule has 2 heterocycles. The summed E-state index contributed by atoms with van der Waals surface area (Å²) in [6.45, 7) is 14.3. The standard InChI is InChI=1S/C38H39ClN2O6S/c1-7-12-27-19-25(20-31(45-9-3)35(27)46-22-28-13-10-11-14-30(28)39)21-32-36(42)41-34(26-15-17-29(18-16-26)44-8-2)33(37(43)47-23(4)5)24(6)40-38(41)48-32/h7,10-11,13-21,23,34H,1,8-9,12,22H2,2-6H3/b32-21-/t34-/m0/s1. The Morgan fingerprint density at radius 3 is 2.44 bits per heavy atom. The van der Waals surface area contributed by atoms with Gasteiger partial charge in [0.15, 0.2) is 16.3 Å². The Bertz CT molecular complexity index is 2030. The van der Waals surface area contributed by atoms with Gasteiger partial charge in [-0.15, -0.1) is 6.58 Å². The Balaban J connectivity index is 1.62. The minimum absolute atomic E-state index is 0.258. The molecule has 0 saturated heterocycles. The molecule has 10 heteroatoms. The number of halogens is 1. The molecule has 0 unspecified atom stereocenters. The third kappa shape index (κ3) is 7.58. The van der Waals surface area contributed by atoms with Crippen molar-refractivity contribution < 1.29 is 23.7 Å². The summed E-state index contributed by atoms with van der Waals surface area (Å²) in [7, 11) is 0. The van der Waals surface area contributed by atoms with Crippen LogP contribution in [0.15, 0.2) is 94.4 Å². The number of benzene rings is 3. The number of hydrogen-bond acceptors (Lipinski definition) is 8. The normalized spacial score (nSPS) is 14.4. The van der Waals surface area contributed by atoms with Crippen molar-refractivity contribution in [3.8, 4) is 17.2 Å². The first-order valence-electron chi connectivity index (χ1n) is 15.9. The maximum Gasteiger partial charge on any atom is 0.338 e. The fourth-order valence-electron chi connectivity index (χ4n) is 5.51. The van der Waals surface area contributed by atoms with Crippen molar-refractivity contribution in [3.05, 3.63) is 132 Å². The van der Waals surface area contributed by atoms with E-state index in [4.69, 9.17) is 35.5 Å². The number of carbonyl (C=O) groups excluding carboxylic acids is 1. The SMILES string of the molecule is C=CCc1cc(/C=c2\sc3n(c2=O)[C@@H](c2ccc(OCC)cc2)C(C(=O)OC(C)C)=C(C)N=3)cc(OCC)c1OCc1ccccc1Cl. The average Bonchev–Trinajstić information content (AvgIpc) is 3.35. The van der Waals surface area contributed by atoms with Crippen molar-refractivity contribution in [2.45, 2.75) is 59.8 Å². The smallest absolute Gasteiger partial charge is 0.338 e. The second-order valence-corrected chi connectivity index (χ2v) is 12.8. The molecule has 250 valence electrons. The van der Waals surface area contributed by atoms with Gasteiger partial charge >= 0.3 is 5.97 Å². The first-order valence-corrected chi connectivity index (χ1v) is 17.1. The zero-order valence-corrected chi connectivity index (χ0v) is 29.3. The third-order valence-corrected chi connectivity index (χ3v) is 8.89. The zero-order chi connectivity index (χ0) is 34.4. The third-order valence-electron chi connectivity index (χ3n) is 7.54. The van der Waals surface area contributed by atoms with Gasteiger partial charge in [-0.2, -0.15) is 0 Å². The molecule has 0 spiro atoms. The summed E-state index contributed by atoms with van der Waals surface area (Å²) in [5, 5.41) is 0.618. The molecule has 0 amide bonds. The quantitative estimate of drug-likeness (QED) is 0.112. The van der Waals surface area contributed by atoms with Gasteiger partial charge in [0.2, 0.25) is 0 Å². The van der Waals surface area contributed by atoms with Crippen molar-refractivity contribution in [2.75, 3.05) is 13.2 Å². The molecule has 5 rings (SSSR count). The minimum Gasteiger partial charge on any atom is -0.494 e. The second kappa shape index (κ2) is 15.5. The van der Waals surface area contributed by atoms with Crippen LogP contribution in [0.2, 0.25) is 5.02 Å². The van der Waals surface area contributed by atoms with Crippen LogP contribution in [0.3, 0.4) is 0 Å². The van der Waals surface area contributed by atoms with Gasteiger partial charge in [0, 0.05) is 16.1 Å². The van der Waals surface area contributed by atoms with Crippen LogP contribution >= 0.6 is 22.9 Å². The highest BCUT2D eigenvalue weighted by molar-refractivity contribution is 7.07. The highest BCUT2D eigenvalue weighted by Crippen LogP contribution is 2.36. The predicted molar refractivity (Wildman–Crippen MR) is 190 cm³/mol. The van der Waals surface area contributed by atoms with Gasteiger partial charge in [-0.05, 0) is 88.6 Å². The number of fused-ring (bicyclic) bond motifs is 1. The van der Waals surface area contributed by atoms with Gasteiger partial charge in [-0.3, -0.25) is 9.36 Å². The lowest BCUT2D eigenvalue weighted by molar-refractivity contribution is -0.143. The molecule has 0 aliphatic carbocycles. The monoisotopic (exact) mass is 686 g/mol. The summed E-state index contributed by atoms with van der Waals surface area (Å²) in [5.41, 5.74) is 3.73. The Morgan fingerprint density at radius 2 is 1.77 bits per heavy atom. The fraction of sp³-hybridized carbons (Fsp3) is 0.289. The predicted octanol–water partition coefficient (Wildman–Crippen LogP) is 6.95. The molecule has 0 saturated carbocycles. The lowest BCUT2D eigenvalue weighted by Crippen LogP contribution is -2.40. The van der Waals surface area contributed by atoms with E-state index in [1.807, 2.05) is 80.6 Å². The van der Waals surface area contributed by atoms with Crippen LogP contribution in [-0.4, -0.2) is 29.9 Å². The van der Waals surface area contributed by atoms with Gasteiger partial charge in [0.05, 0.1) is 41.2 Å².